The fraction of sp³-hybridized carbons (Fsp3) is 0.455. The van der Waals surface area contributed by atoms with Gasteiger partial charge >= 0.3 is 0 Å². The number of hydrogen-bond donors (Lipinski definition) is 1. The molecule has 1 aliphatic rings. The van der Waals surface area contributed by atoms with Crippen molar-refractivity contribution in [3.8, 4) is 5.75 Å². The van der Waals surface area contributed by atoms with Gasteiger partial charge in [0.2, 0.25) is 0 Å². The molecule has 3 rings (SSSR count). The summed E-state index contributed by atoms with van der Waals surface area (Å²) in [5, 5.41) is 11.2. The zero-order valence-corrected chi connectivity index (χ0v) is 10.9. The van der Waals surface area contributed by atoms with Crippen LogP contribution >= 0.6 is 15.9 Å². The number of nitrogens with one attached hydrogen (secondary N) is 1. The lowest BCUT2D eigenvalue weighted by molar-refractivity contribution is 0.166. The number of hydrogen-bond acceptors (Lipinski definition) is 4. The molecule has 1 N–H and O–H groups in total. The molecule has 5 nitrogen and oxygen atoms in total. The van der Waals surface area contributed by atoms with E-state index >= 15 is 0 Å². The predicted molar refractivity (Wildman–Crippen MR) is 67.2 cm³/mol. The summed E-state index contributed by atoms with van der Waals surface area (Å²) in [7, 11) is 0. The molecular weight excluding hydrogens is 284 g/mol. The van der Waals surface area contributed by atoms with Crippen LogP contribution in [-0.4, -0.2) is 33.8 Å². The molecule has 2 aromatic heterocycles. The van der Waals surface area contributed by atoms with Gasteiger partial charge in [-0.2, -0.15) is 0 Å². The van der Waals surface area contributed by atoms with Crippen LogP contribution in [0.5, 0.6) is 5.75 Å². The summed E-state index contributed by atoms with van der Waals surface area (Å²) in [6.07, 6.45) is 6.09. The monoisotopic (exact) mass is 296 g/mol. The Labute approximate surface area is 107 Å². The number of pyridine rings is 1. The Hall–Kier alpha value is -1.14. The first kappa shape index (κ1) is 11.0. The van der Waals surface area contributed by atoms with Crippen LogP contribution in [0.1, 0.15) is 12.8 Å². The van der Waals surface area contributed by atoms with Crippen molar-refractivity contribution in [2.45, 2.75) is 18.9 Å². The van der Waals surface area contributed by atoms with Crippen molar-refractivity contribution in [2.24, 2.45) is 0 Å². The summed E-state index contributed by atoms with van der Waals surface area (Å²) in [6, 6.07) is 1.91. The predicted octanol–water partition coefficient (Wildman–Crippen LogP) is 1.62. The lowest BCUT2D eigenvalue weighted by atomic mass is 10.1. The molecule has 0 aromatic carbocycles. The molecule has 1 fully saturated rings. The van der Waals surface area contributed by atoms with E-state index in [1.54, 1.807) is 6.33 Å². The Kier molecular flexibility index (Phi) is 2.98. The molecular formula is C11H13BrN4O. The van der Waals surface area contributed by atoms with E-state index in [9.17, 15) is 0 Å². The van der Waals surface area contributed by atoms with E-state index in [1.807, 2.05) is 16.7 Å². The van der Waals surface area contributed by atoms with Gasteiger partial charge in [-0.05, 0) is 35.3 Å². The van der Waals surface area contributed by atoms with Crippen LogP contribution in [0.25, 0.3) is 5.65 Å². The molecule has 1 saturated heterocycles. The molecule has 0 amide bonds. The maximum Gasteiger partial charge on any atom is 0.164 e. The third-order valence-electron chi connectivity index (χ3n) is 2.89. The second-order valence-corrected chi connectivity index (χ2v) is 5.02. The number of aromatic nitrogens is 3. The van der Waals surface area contributed by atoms with Crippen LogP contribution in [0, 0.1) is 0 Å². The van der Waals surface area contributed by atoms with Gasteiger partial charge in [0, 0.05) is 18.8 Å². The Morgan fingerprint density at radius 1 is 1.53 bits per heavy atom. The molecule has 1 atom stereocenters. The van der Waals surface area contributed by atoms with E-state index in [0.29, 0.717) is 0 Å². The normalized spacial score (nSPS) is 20.6. The quantitative estimate of drug-likeness (QED) is 0.915. The number of ether oxygens (including phenoxy) is 1. The zero-order valence-electron chi connectivity index (χ0n) is 9.27. The molecule has 17 heavy (non-hydrogen) atoms. The van der Waals surface area contributed by atoms with Crippen LogP contribution in [0.4, 0.5) is 0 Å². The van der Waals surface area contributed by atoms with Crippen molar-refractivity contribution in [2.75, 3.05) is 13.1 Å². The first-order valence-corrected chi connectivity index (χ1v) is 6.48. The lowest BCUT2D eigenvalue weighted by Gasteiger charge is -2.24. The Morgan fingerprint density at radius 3 is 3.29 bits per heavy atom. The highest BCUT2D eigenvalue weighted by Crippen LogP contribution is 2.27. The van der Waals surface area contributed by atoms with Gasteiger partial charge < -0.3 is 10.1 Å². The second-order valence-electron chi connectivity index (χ2n) is 4.17. The minimum absolute atomic E-state index is 0.241. The van der Waals surface area contributed by atoms with E-state index < -0.39 is 0 Å². The summed E-state index contributed by atoms with van der Waals surface area (Å²) in [4.78, 5) is 0. The van der Waals surface area contributed by atoms with Crippen molar-refractivity contribution < 1.29 is 4.74 Å². The van der Waals surface area contributed by atoms with Crippen molar-refractivity contribution in [3.63, 3.8) is 0 Å². The van der Waals surface area contributed by atoms with Gasteiger partial charge in [0.25, 0.3) is 0 Å². The van der Waals surface area contributed by atoms with E-state index in [-0.39, 0.29) is 6.10 Å². The first-order chi connectivity index (χ1) is 8.33. The third kappa shape index (κ3) is 2.28. The summed E-state index contributed by atoms with van der Waals surface area (Å²) in [5.74, 6) is 0.833. The number of nitrogens with zero attached hydrogens (tertiary/aromatic N) is 3. The molecule has 1 unspecified atom stereocenters. The third-order valence-corrected chi connectivity index (χ3v) is 3.49. The highest BCUT2D eigenvalue weighted by Gasteiger charge is 2.16. The minimum atomic E-state index is 0.241. The molecule has 0 bridgehead atoms. The molecule has 2 aromatic rings. The van der Waals surface area contributed by atoms with Gasteiger partial charge in [-0.1, -0.05) is 0 Å². The minimum Gasteiger partial charge on any atom is -0.488 e. The van der Waals surface area contributed by atoms with Gasteiger partial charge in [0.15, 0.2) is 5.65 Å². The fourth-order valence-electron chi connectivity index (χ4n) is 2.02. The van der Waals surface area contributed by atoms with Crippen molar-refractivity contribution in [1.82, 2.24) is 19.9 Å². The molecule has 6 heteroatoms. The average molecular weight is 297 g/mol. The van der Waals surface area contributed by atoms with E-state index in [0.717, 1.165) is 41.8 Å². The SMILES string of the molecule is Brc1cn2cnnc2cc1OC1CCCNC1. The molecule has 0 aliphatic carbocycles. The van der Waals surface area contributed by atoms with Gasteiger partial charge in [0.1, 0.15) is 18.2 Å². The van der Waals surface area contributed by atoms with Crippen LogP contribution < -0.4 is 10.1 Å². The average Bonchev–Trinajstić information content (AvgIpc) is 2.78. The summed E-state index contributed by atoms with van der Waals surface area (Å²) >= 11 is 3.51. The highest BCUT2D eigenvalue weighted by atomic mass is 79.9. The van der Waals surface area contributed by atoms with Crippen LogP contribution in [0.3, 0.4) is 0 Å². The van der Waals surface area contributed by atoms with E-state index in [1.165, 1.54) is 0 Å². The summed E-state index contributed by atoms with van der Waals surface area (Å²) in [6.45, 7) is 1.99. The Balaban J connectivity index is 1.85. The number of piperidine rings is 1. The second kappa shape index (κ2) is 4.62. The molecule has 90 valence electrons. The maximum absolute atomic E-state index is 5.97. The Morgan fingerprint density at radius 2 is 2.47 bits per heavy atom. The molecule has 3 heterocycles. The van der Waals surface area contributed by atoms with Crippen LogP contribution in [-0.2, 0) is 0 Å². The summed E-state index contributed by atoms with van der Waals surface area (Å²) < 4.78 is 8.76. The number of fused-ring (bicyclic) bond motifs is 1. The van der Waals surface area contributed by atoms with Crippen LogP contribution in [0.2, 0.25) is 0 Å². The van der Waals surface area contributed by atoms with Crippen molar-refractivity contribution in [3.05, 3.63) is 23.1 Å². The summed E-state index contributed by atoms with van der Waals surface area (Å²) in [5.41, 5.74) is 0.798. The lowest BCUT2D eigenvalue weighted by Crippen LogP contribution is -2.37. The zero-order chi connectivity index (χ0) is 11.7. The fourth-order valence-corrected chi connectivity index (χ4v) is 2.45. The number of halogens is 1. The van der Waals surface area contributed by atoms with Gasteiger partial charge in [-0.15, -0.1) is 10.2 Å². The van der Waals surface area contributed by atoms with Gasteiger partial charge in [-0.3, -0.25) is 4.40 Å². The molecule has 0 radical (unpaired) electrons. The maximum atomic E-state index is 5.97. The topological polar surface area (TPSA) is 51.5 Å². The van der Waals surface area contributed by atoms with Crippen LogP contribution in [0.15, 0.2) is 23.1 Å². The van der Waals surface area contributed by atoms with Crippen molar-refractivity contribution >= 4 is 21.6 Å². The van der Waals surface area contributed by atoms with Gasteiger partial charge in [0.05, 0.1) is 4.47 Å². The highest BCUT2D eigenvalue weighted by molar-refractivity contribution is 9.10. The van der Waals surface area contributed by atoms with E-state index in [2.05, 4.69) is 31.4 Å². The number of rotatable bonds is 2. The standard InChI is InChI=1S/C11H13BrN4O/c12-9-6-16-7-14-15-11(16)4-10(9)17-8-2-1-3-13-5-8/h4,6-8,13H,1-3,5H2. The largest absolute Gasteiger partial charge is 0.488 e. The molecule has 0 spiro atoms. The van der Waals surface area contributed by atoms with E-state index in [4.69, 9.17) is 4.74 Å². The van der Waals surface area contributed by atoms with Gasteiger partial charge in [-0.25, -0.2) is 0 Å². The smallest absolute Gasteiger partial charge is 0.164 e. The molecule has 0 saturated carbocycles. The van der Waals surface area contributed by atoms with Crippen molar-refractivity contribution in [1.29, 1.82) is 0 Å². The Bertz CT molecular complexity index is 521. The first-order valence-electron chi connectivity index (χ1n) is 5.69. The molecule has 1 aliphatic heterocycles.